The van der Waals surface area contributed by atoms with E-state index in [9.17, 15) is 9.59 Å². The first kappa shape index (κ1) is 15.9. The van der Waals surface area contributed by atoms with Gasteiger partial charge in [0.1, 0.15) is 5.54 Å². The van der Waals surface area contributed by atoms with Crippen molar-refractivity contribution in [3.63, 3.8) is 0 Å². The zero-order valence-corrected chi connectivity index (χ0v) is 11.5. The molecule has 5 heteroatoms. The minimum atomic E-state index is -1.12. The molecule has 0 fully saturated rings. The molecule has 1 unspecified atom stereocenters. The van der Waals surface area contributed by atoms with Crippen LogP contribution < -0.4 is 10.6 Å². The van der Waals surface area contributed by atoms with Crippen molar-refractivity contribution in [3.8, 4) is 0 Å². The molecule has 0 rings (SSSR count). The highest BCUT2D eigenvalue weighted by Gasteiger charge is 2.31. The fourth-order valence-corrected chi connectivity index (χ4v) is 1.20. The van der Waals surface area contributed by atoms with Crippen LogP contribution in [0.5, 0.6) is 0 Å². The number of rotatable bonds is 6. The molecule has 0 aromatic carbocycles. The van der Waals surface area contributed by atoms with Gasteiger partial charge in [-0.05, 0) is 41.0 Å². The van der Waals surface area contributed by atoms with E-state index in [1.165, 1.54) is 13.8 Å². The molecule has 3 N–H and O–H groups in total. The van der Waals surface area contributed by atoms with Crippen molar-refractivity contribution < 1.29 is 14.7 Å². The van der Waals surface area contributed by atoms with Gasteiger partial charge in [0.05, 0.1) is 6.04 Å². The summed E-state index contributed by atoms with van der Waals surface area (Å²) in [6, 6.07) is -0.549. The number of nitrogens with one attached hydrogen (secondary N) is 2. The Hall–Kier alpha value is -1.10. The lowest BCUT2D eigenvalue weighted by Crippen LogP contribution is -2.57. The molecule has 0 aromatic rings. The lowest BCUT2D eigenvalue weighted by atomic mass is 10.0. The maximum absolute atomic E-state index is 11.9. The smallest absolute Gasteiger partial charge is 0.323 e. The van der Waals surface area contributed by atoms with Crippen LogP contribution in [0, 0.1) is 0 Å². The van der Waals surface area contributed by atoms with E-state index in [2.05, 4.69) is 10.6 Å². The van der Waals surface area contributed by atoms with Gasteiger partial charge in [-0.2, -0.15) is 0 Å². The van der Waals surface area contributed by atoms with Gasteiger partial charge in [0.2, 0.25) is 5.91 Å². The quantitative estimate of drug-likeness (QED) is 0.654. The summed E-state index contributed by atoms with van der Waals surface area (Å²) in [5.41, 5.74) is -1.40. The Balaban J connectivity index is 4.48. The van der Waals surface area contributed by atoms with Crippen LogP contribution in [0.1, 0.15) is 48.0 Å². The predicted octanol–water partition coefficient (Wildman–Crippen LogP) is 1.13. The second-order valence-electron chi connectivity index (χ2n) is 5.52. The number of carbonyl (C=O) groups is 2. The van der Waals surface area contributed by atoms with Gasteiger partial charge in [-0.1, -0.05) is 6.92 Å². The molecule has 0 saturated carbocycles. The summed E-state index contributed by atoms with van der Waals surface area (Å²) in [5.74, 6) is -1.17. The van der Waals surface area contributed by atoms with Crippen LogP contribution in [0.25, 0.3) is 0 Å². The van der Waals surface area contributed by atoms with E-state index < -0.39 is 17.6 Å². The molecule has 0 aliphatic rings. The summed E-state index contributed by atoms with van der Waals surface area (Å²) in [4.78, 5) is 22.8. The molecule has 0 aromatic heterocycles. The largest absolute Gasteiger partial charge is 0.480 e. The molecule has 0 radical (unpaired) electrons. The van der Waals surface area contributed by atoms with Crippen LogP contribution in [0.3, 0.4) is 0 Å². The summed E-state index contributed by atoms with van der Waals surface area (Å²) in [6.45, 7) is 10.6. The predicted molar refractivity (Wildman–Crippen MR) is 66.8 cm³/mol. The van der Waals surface area contributed by atoms with Gasteiger partial charge in [0.25, 0.3) is 0 Å². The molecular weight excluding hydrogens is 220 g/mol. The minimum absolute atomic E-state index is 0.189. The molecule has 0 aliphatic carbocycles. The normalized spacial score (nSPS) is 14.2. The highest BCUT2D eigenvalue weighted by molar-refractivity contribution is 5.84. The van der Waals surface area contributed by atoms with Gasteiger partial charge < -0.3 is 10.4 Å². The second-order valence-corrected chi connectivity index (χ2v) is 5.52. The highest BCUT2D eigenvalue weighted by Crippen LogP contribution is 2.08. The number of carboxylic acids is 1. The van der Waals surface area contributed by atoms with Gasteiger partial charge in [0, 0.05) is 5.54 Å². The average molecular weight is 244 g/mol. The fraction of sp³-hybridized carbons (Fsp3) is 0.833. The van der Waals surface area contributed by atoms with Crippen molar-refractivity contribution in [1.29, 1.82) is 0 Å². The average Bonchev–Trinajstić information content (AvgIpc) is 2.16. The number of hydrogen-bond donors (Lipinski definition) is 3. The van der Waals surface area contributed by atoms with E-state index in [1.54, 1.807) is 6.92 Å². The zero-order chi connectivity index (χ0) is 13.9. The van der Waals surface area contributed by atoms with Crippen molar-refractivity contribution >= 4 is 11.9 Å². The van der Waals surface area contributed by atoms with Crippen LogP contribution >= 0.6 is 0 Å². The molecular formula is C12H24N2O3. The van der Waals surface area contributed by atoms with Crippen LogP contribution in [0.4, 0.5) is 0 Å². The first-order valence-electron chi connectivity index (χ1n) is 5.85. The van der Waals surface area contributed by atoms with Crippen LogP contribution in [-0.4, -0.2) is 34.1 Å². The first-order valence-corrected chi connectivity index (χ1v) is 5.85. The summed E-state index contributed by atoms with van der Waals surface area (Å²) in [5, 5.41) is 14.6. The fourth-order valence-electron chi connectivity index (χ4n) is 1.20. The van der Waals surface area contributed by atoms with Gasteiger partial charge in [-0.3, -0.25) is 14.9 Å². The Kier molecular flexibility index (Phi) is 5.13. The standard InChI is InChI=1S/C12H24N2O3/c1-7-11(3,4)14-9(15)8(2)13-12(5,6)10(16)17/h8,13H,7H2,1-6H3,(H,14,15)(H,16,17). The third kappa shape index (κ3) is 5.17. The van der Waals surface area contributed by atoms with E-state index in [0.29, 0.717) is 0 Å². The van der Waals surface area contributed by atoms with E-state index in [1.807, 2.05) is 20.8 Å². The Morgan fingerprint density at radius 1 is 1.24 bits per heavy atom. The Bertz CT molecular complexity index is 298. The summed E-state index contributed by atoms with van der Waals surface area (Å²) < 4.78 is 0. The van der Waals surface area contributed by atoms with Gasteiger partial charge in [-0.25, -0.2) is 0 Å². The van der Waals surface area contributed by atoms with Crippen molar-refractivity contribution in [2.45, 2.75) is 65.1 Å². The maximum atomic E-state index is 11.9. The maximum Gasteiger partial charge on any atom is 0.323 e. The van der Waals surface area contributed by atoms with Gasteiger partial charge in [0.15, 0.2) is 0 Å². The summed E-state index contributed by atoms with van der Waals surface area (Å²) in [6.07, 6.45) is 0.813. The molecule has 5 nitrogen and oxygen atoms in total. The molecule has 0 aliphatic heterocycles. The Morgan fingerprint density at radius 2 is 1.71 bits per heavy atom. The number of carbonyl (C=O) groups excluding carboxylic acids is 1. The molecule has 0 saturated heterocycles. The monoisotopic (exact) mass is 244 g/mol. The number of carboxylic acid groups (broad SMARTS) is 1. The van der Waals surface area contributed by atoms with Crippen molar-refractivity contribution in [2.24, 2.45) is 0 Å². The Labute approximate surface area is 103 Å². The third-order valence-electron chi connectivity index (χ3n) is 2.85. The zero-order valence-electron chi connectivity index (χ0n) is 11.5. The van der Waals surface area contributed by atoms with E-state index in [0.717, 1.165) is 6.42 Å². The highest BCUT2D eigenvalue weighted by atomic mass is 16.4. The molecule has 0 heterocycles. The SMILES string of the molecule is CCC(C)(C)NC(=O)C(C)NC(C)(C)C(=O)O. The molecule has 1 amide bonds. The lowest BCUT2D eigenvalue weighted by molar-refractivity contribution is -0.144. The van der Waals surface area contributed by atoms with Crippen molar-refractivity contribution in [2.75, 3.05) is 0 Å². The molecule has 100 valence electrons. The van der Waals surface area contributed by atoms with E-state index in [-0.39, 0.29) is 11.4 Å². The Morgan fingerprint density at radius 3 is 2.06 bits per heavy atom. The van der Waals surface area contributed by atoms with Crippen LogP contribution in [-0.2, 0) is 9.59 Å². The minimum Gasteiger partial charge on any atom is -0.480 e. The second kappa shape index (κ2) is 5.49. The van der Waals surface area contributed by atoms with Gasteiger partial charge >= 0.3 is 5.97 Å². The number of amides is 1. The van der Waals surface area contributed by atoms with Crippen molar-refractivity contribution in [3.05, 3.63) is 0 Å². The third-order valence-corrected chi connectivity index (χ3v) is 2.85. The van der Waals surface area contributed by atoms with Crippen LogP contribution in [0.2, 0.25) is 0 Å². The topological polar surface area (TPSA) is 78.4 Å². The van der Waals surface area contributed by atoms with Crippen LogP contribution in [0.15, 0.2) is 0 Å². The van der Waals surface area contributed by atoms with Crippen molar-refractivity contribution in [1.82, 2.24) is 10.6 Å². The molecule has 17 heavy (non-hydrogen) atoms. The lowest BCUT2D eigenvalue weighted by Gasteiger charge is -2.30. The van der Waals surface area contributed by atoms with E-state index >= 15 is 0 Å². The van der Waals surface area contributed by atoms with E-state index in [4.69, 9.17) is 5.11 Å². The molecule has 0 bridgehead atoms. The van der Waals surface area contributed by atoms with Gasteiger partial charge in [-0.15, -0.1) is 0 Å². The molecule has 1 atom stereocenters. The number of hydrogen-bond acceptors (Lipinski definition) is 3. The first-order chi connectivity index (χ1) is 7.52. The molecule has 0 spiro atoms. The summed E-state index contributed by atoms with van der Waals surface area (Å²) in [7, 11) is 0. The summed E-state index contributed by atoms with van der Waals surface area (Å²) >= 11 is 0. The number of aliphatic carboxylic acids is 1.